The molecule has 0 aliphatic rings. The Hall–Kier alpha value is -4.07. The van der Waals surface area contributed by atoms with Crippen molar-refractivity contribution in [1.82, 2.24) is 5.32 Å². The minimum Gasteiger partial charge on any atom is -0.459 e. The van der Waals surface area contributed by atoms with Gasteiger partial charge in [-0.1, -0.05) is 44.2 Å². The quantitative estimate of drug-likeness (QED) is 0.368. The zero-order valence-electron chi connectivity index (χ0n) is 22.2. The summed E-state index contributed by atoms with van der Waals surface area (Å²) in [5.74, 6) is -3.67. The Morgan fingerprint density at radius 3 is 2.08 bits per heavy atom. The van der Waals surface area contributed by atoms with Crippen LogP contribution < -0.4 is 10.2 Å². The molecule has 3 aromatic rings. The normalized spacial score (nSPS) is 11.3. The van der Waals surface area contributed by atoms with E-state index in [1.165, 1.54) is 0 Å². The molecule has 0 bridgehead atoms. The molecule has 0 unspecified atom stereocenters. The van der Waals surface area contributed by atoms with Gasteiger partial charge in [0.05, 0.1) is 0 Å². The monoisotopic (exact) mass is 522 g/mol. The molecule has 8 heteroatoms. The lowest BCUT2D eigenvalue weighted by Gasteiger charge is -2.26. The van der Waals surface area contributed by atoms with Gasteiger partial charge in [-0.15, -0.1) is 0 Å². The summed E-state index contributed by atoms with van der Waals surface area (Å²) in [7, 11) is 0. The van der Waals surface area contributed by atoms with Crippen LogP contribution in [0.4, 0.5) is 14.5 Å². The van der Waals surface area contributed by atoms with E-state index in [0.29, 0.717) is 23.6 Å². The Labute approximate surface area is 221 Å². The summed E-state index contributed by atoms with van der Waals surface area (Å²) in [6, 6.07) is 16.7. The van der Waals surface area contributed by atoms with Gasteiger partial charge >= 0.3 is 5.97 Å². The summed E-state index contributed by atoms with van der Waals surface area (Å²) in [4.78, 5) is 39.4. The third-order valence-corrected chi connectivity index (χ3v) is 5.44. The number of carbonyl (C=O) groups is 3. The fraction of sp³-hybridized carbons (Fsp3) is 0.300. The van der Waals surface area contributed by atoms with Crippen molar-refractivity contribution in [2.75, 3.05) is 18.0 Å². The third-order valence-electron chi connectivity index (χ3n) is 5.44. The number of esters is 1. The first-order chi connectivity index (χ1) is 17.9. The van der Waals surface area contributed by atoms with Crippen LogP contribution in [-0.2, 0) is 9.53 Å². The minimum absolute atomic E-state index is 0.181. The van der Waals surface area contributed by atoms with Crippen molar-refractivity contribution < 1.29 is 27.9 Å². The van der Waals surface area contributed by atoms with Crippen LogP contribution in [0.5, 0.6) is 0 Å². The van der Waals surface area contributed by atoms with Crippen LogP contribution in [0.25, 0.3) is 11.1 Å². The second-order valence-corrected chi connectivity index (χ2v) is 10.3. The maximum absolute atomic E-state index is 14.5. The van der Waals surface area contributed by atoms with Crippen molar-refractivity contribution in [3.8, 4) is 11.1 Å². The average Bonchev–Trinajstić information content (AvgIpc) is 2.84. The molecule has 38 heavy (non-hydrogen) atoms. The van der Waals surface area contributed by atoms with E-state index in [-0.39, 0.29) is 11.6 Å². The highest BCUT2D eigenvalue weighted by Crippen LogP contribution is 2.27. The van der Waals surface area contributed by atoms with Gasteiger partial charge in [-0.05, 0) is 74.2 Å². The van der Waals surface area contributed by atoms with Crippen molar-refractivity contribution in [2.45, 2.75) is 40.2 Å². The molecule has 0 aliphatic heterocycles. The number of hydrogen-bond acceptors (Lipinski definition) is 4. The van der Waals surface area contributed by atoms with E-state index in [1.807, 2.05) is 13.8 Å². The number of benzene rings is 3. The smallest absolute Gasteiger partial charge is 0.326 e. The number of halogens is 2. The summed E-state index contributed by atoms with van der Waals surface area (Å²) in [6.07, 6.45) is 0. The molecule has 0 aliphatic carbocycles. The molecule has 0 spiro atoms. The summed E-state index contributed by atoms with van der Waals surface area (Å²) in [6.45, 7) is 9.07. The van der Waals surface area contributed by atoms with Crippen molar-refractivity contribution in [3.05, 3.63) is 89.5 Å². The molecule has 0 heterocycles. The third kappa shape index (κ3) is 7.47. The lowest BCUT2D eigenvalue weighted by Crippen LogP contribution is -2.39. The van der Waals surface area contributed by atoms with Crippen LogP contribution in [0.1, 0.15) is 55.3 Å². The topological polar surface area (TPSA) is 75.7 Å². The van der Waals surface area contributed by atoms with E-state index in [0.717, 1.165) is 28.7 Å². The zero-order valence-corrected chi connectivity index (χ0v) is 22.2. The van der Waals surface area contributed by atoms with Gasteiger partial charge in [-0.2, -0.15) is 0 Å². The van der Waals surface area contributed by atoms with Gasteiger partial charge in [-0.25, -0.2) is 8.78 Å². The maximum atomic E-state index is 14.5. The molecule has 0 saturated heterocycles. The molecule has 6 nitrogen and oxygen atoms in total. The first kappa shape index (κ1) is 28.5. The Bertz CT molecular complexity index is 1290. The first-order valence-corrected chi connectivity index (χ1v) is 12.3. The second-order valence-electron chi connectivity index (χ2n) is 10.3. The lowest BCUT2D eigenvalue weighted by molar-refractivity contribution is -0.152. The van der Waals surface area contributed by atoms with Gasteiger partial charge in [0.1, 0.15) is 29.3 Å². The summed E-state index contributed by atoms with van der Waals surface area (Å²) < 4.78 is 34.4. The van der Waals surface area contributed by atoms with Crippen molar-refractivity contribution >= 4 is 23.5 Å². The number of hydrogen-bond donors (Lipinski definition) is 1. The number of ether oxygens (including phenoxy) is 1. The highest BCUT2D eigenvalue weighted by atomic mass is 19.1. The molecule has 0 radical (unpaired) electrons. The Balaban J connectivity index is 1.95. The number of rotatable bonds is 8. The standard InChI is InChI=1S/C30H32F2N2O4/c1-19(2)17-33-28(36)21-14-12-20(13-15-21)22-8-6-9-23(16-22)34(18-26(35)38-30(3,4)5)29(37)27-24(31)10-7-11-25(27)32/h6-16,19H,17-18H2,1-5H3,(H,33,36). The molecule has 2 amide bonds. The number of anilines is 1. The Morgan fingerprint density at radius 2 is 1.50 bits per heavy atom. The molecule has 3 aromatic carbocycles. The Morgan fingerprint density at radius 1 is 0.895 bits per heavy atom. The van der Waals surface area contributed by atoms with E-state index in [1.54, 1.807) is 69.3 Å². The molecular formula is C30H32F2N2O4. The van der Waals surface area contributed by atoms with Crippen LogP contribution in [0.2, 0.25) is 0 Å². The van der Waals surface area contributed by atoms with Gasteiger partial charge < -0.3 is 10.1 Å². The number of nitrogens with zero attached hydrogens (tertiary/aromatic N) is 1. The number of nitrogens with one attached hydrogen (secondary N) is 1. The van der Waals surface area contributed by atoms with Crippen molar-refractivity contribution in [1.29, 1.82) is 0 Å². The van der Waals surface area contributed by atoms with Crippen molar-refractivity contribution in [3.63, 3.8) is 0 Å². The predicted molar refractivity (Wildman–Crippen MR) is 143 cm³/mol. The van der Waals surface area contributed by atoms with E-state index < -0.39 is 41.2 Å². The van der Waals surface area contributed by atoms with Gasteiger partial charge in [-0.3, -0.25) is 19.3 Å². The summed E-state index contributed by atoms with van der Waals surface area (Å²) in [5, 5.41) is 2.86. The summed E-state index contributed by atoms with van der Waals surface area (Å²) >= 11 is 0. The first-order valence-electron chi connectivity index (χ1n) is 12.3. The van der Waals surface area contributed by atoms with E-state index in [4.69, 9.17) is 4.74 Å². The molecule has 0 saturated carbocycles. The largest absolute Gasteiger partial charge is 0.459 e. The molecule has 0 aromatic heterocycles. The van der Waals surface area contributed by atoms with Crippen LogP contribution in [0, 0.1) is 17.6 Å². The van der Waals surface area contributed by atoms with Crippen LogP contribution in [0.3, 0.4) is 0 Å². The summed E-state index contributed by atoms with van der Waals surface area (Å²) in [5.41, 5.74) is 0.585. The molecule has 0 atom stereocenters. The van der Waals surface area contributed by atoms with E-state index >= 15 is 0 Å². The molecular weight excluding hydrogens is 490 g/mol. The fourth-order valence-electron chi connectivity index (χ4n) is 3.69. The maximum Gasteiger partial charge on any atom is 0.326 e. The minimum atomic E-state index is -1.04. The van der Waals surface area contributed by atoms with E-state index in [9.17, 15) is 23.2 Å². The SMILES string of the molecule is CC(C)CNC(=O)c1ccc(-c2cccc(N(CC(=O)OC(C)(C)C)C(=O)c3c(F)cccc3F)c2)cc1. The second kappa shape index (κ2) is 12.0. The Kier molecular flexibility index (Phi) is 8.99. The van der Waals surface area contributed by atoms with Crippen LogP contribution in [0.15, 0.2) is 66.7 Å². The molecule has 3 rings (SSSR count). The highest BCUT2D eigenvalue weighted by molar-refractivity contribution is 6.09. The number of amides is 2. The highest BCUT2D eigenvalue weighted by Gasteiger charge is 2.28. The average molecular weight is 523 g/mol. The number of carbonyl (C=O) groups excluding carboxylic acids is 3. The van der Waals surface area contributed by atoms with Crippen molar-refractivity contribution in [2.24, 2.45) is 5.92 Å². The van der Waals surface area contributed by atoms with Gasteiger partial charge in [0, 0.05) is 17.8 Å². The fourth-order valence-corrected chi connectivity index (χ4v) is 3.69. The zero-order chi connectivity index (χ0) is 28.0. The van der Waals surface area contributed by atoms with Gasteiger partial charge in [0.15, 0.2) is 0 Å². The molecule has 200 valence electrons. The van der Waals surface area contributed by atoms with E-state index in [2.05, 4.69) is 5.32 Å². The van der Waals surface area contributed by atoms with Crippen LogP contribution >= 0.6 is 0 Å². The predicted octanol–water partition coefficient (Wildman–Crippen LogP) is 6.01. The molecule has 1 N–H and O–H groups in total. The van der Waals surface area contributed by atoms with Gasteiger partial charge in [0.25, 0.3) is 11.8 Å². The lowest BCUT2D eigenvalue weighted by atomic mass is 10.0. The van der Waals surface area contributed by atoms with Gasteiger partial charge in [0.2, 0.25) is 0 Å². The van der Waals surface area contributed by atoms with Crippen LogP contribution in [-0.4, -0.2) is 36.5 Å². The molecule has 0 fully saturated rings.